The molecule has 0 bridgehead atoms. The molecule has 0 aliphatic carbocycles. The van der Waals surface area contributed by atoms with Crippen LogP contribution in [0.25, 0.3) is 0 Å². The fraction of sp³-hybridized carbons (Fsp3) is 0.316. The molecule has 27 heavy (non-hydrogen) atoms. The summed E-state index contributed by atoms with van der Waals surface area (Å²) in [7, 11) is -1.81. The number of carbonyl (C=O) groups is 1. The first-order chi connectivity index (χ1) is 12.5. The first-order valence-corrected chi connectivity index (χ1v) is 10.0. The summed E-state index contributed by atoms with van der Waals surface area (Å²) in [5.41, 5.74) is 1.16. The molecule has 0 saturated carbocycles. The zero-order valence-corrected chi connectivity index (χ0v) is 16.8. The Kier molecular flexibility index (Phi) is 10.0. The van der Waals surface area contributed by atoms with E-state index >= 15 is 0 Å². The first kappa shape index (κ1) is 23.1. The SMILES string of the molecule is COCCNCCNC(=O)c1ccc(S(=O)(=O)Cc2ccccc2)cc1.Cl. The molecule has 0 atom stereocenters. The molecule has 0 aromatic heterocycles. The highest BCUT2D eigenvalue weighted by atomic mass is 35.5. The second-order valence-electron chi connectivity index (χ2n) is 5.77. The Morgan fingerprint density at radius 1 is 0.963 bits per heavy atom. The maximum atomic E-state index is 12.5. The number of halogens is 1. The summed E-state index contributed by atoms with van der Waals surface area (Å²) in [5.74, 6) is -0.294. The molecule has 0 saturated heterocycles. The van der Waals surface area contributed by atoms with Crippen molar-refractivity contribution in [2.45, 2.75) is 10.6 Å². The summed E-state index contributed by atoms with van der Waals surface area (Å²) in [6.07, 6.45) is 0. The molecule has 0 spiro atoms. The minimum Gasteiger partial charge on any atom is -0.383 e. The second-order valence-corrected chi connectivity index (χ2v) is 7.76. The maximum Gasteiger partial charge on any atom is 0.251 e. The van der Waals surface area contributed by atoms with Crippen LogP contribution < -0.4 is 10.6 Å². The van der Waals surface area contributed by atoms with Gasteiger partial charge in [0, 0.05) is 32.3 Å². The molecule has 0 aliphatic heterocycles. The van der Waals surface area contributed by atoms with Gasteiger partial charge in [-0.15, -0.1) is 12.4 Å². The topological polar surface area (TPSA) is 84.5 Å². The fourth-order valence-corrected chi connectivity index (χ4v) is 3.71. The van der Waals surface area contributed by atoms with Crippen LogP contribution >= 0.6 is 12.4 Å². The van der Waals surface area contributed by atoms with Crippen molar-refractivity contribution in [3.63, 3.8) is 0 Å². The van der Waals surface area contributed by atoms with Crippen molar-refractivity contribution in [2.75, 3.05) is 33.4 Å². The summed E-state index contributed by atoms with van der Waals surface area (Å²) in [6, 6.07) is 15.0. The third kappa shape index (κ3) is 7.68. The highest BCUT2D eigenvalue weighted by molar-refractivity contribution is 7.90. The number of amides is 1. The summed E-state index contributed by atoms with van der Waals surface area (Å²) in [6.45, 7) is 2.46. The average molecular weight is 413 g/mol. The van der Waals surface area contributed by atoms with Crippen molar-refractivity contribution in [1.29, 1.82) is 0 Å². The second kappa shape index (κ2) is 11.7. The normalized spacial score (nSPS) is 10.9. The third-order valence-corrected chi connectivity index (χ3v) is 5.45. The number of methoxy groups -OCH3 is 1. The van der Waals surface area contributed by atoms with Gasteiger partial charge in [0.1, 0.15) is 0 Å². The first-order valence-electron chi connectivity index (χ1n) is 8.37. The number of carbonyl (C=O) groups excluding carboxylic acids is 1. The molecule has 0 unspecified atom stereocenters. The number of benzene rings is 2. The number of nitrogens with one attached hydrogen (secondary N) is 2. The van der Waals surface area contributed by atoms with Crippen molar-refractivity contribution < 1.29 is 17.9 Å². The molecule has 2 aromatic carbocycles. The predicted molar refractivity (Wildman–Crippen MR) is 108 cm³/mol. The van der Waals surface area contributed by atoms with Crippen LogP contribution in [0.5, 0.6) is 0 Å². The van der Waals surface area contributed by atoms with E-state index in [0.29, 0.717) is 25.3 Å². The summed E-state index contributed by atoms with van der Waals surface area (Å²) in [4.78, 5) is 12.3. The van der Waals surface area contributed by atoms with Gasteiger partial charge < -0.3 is 15.4 Å². The Balaban J connectivity index is 0.00000364. The Labute approximate surface area is 166 Å². The highest BCUT2D eigenvalue weighted by Crippen LogP contribution is 2.17. The van der Waals surface area contributed by atoms with E-state index in [2.05, 4.69) is 10.6 Å². The van der Waals surface area contributed by atoms with Crippen molar-refractivity contribution in [2.24, 2.45) is 0 Å². The molecule has 2 N–H and O–H groups in total. The van der Waals surface area contributed by atoms with Crippen LogP contribution in [0.2, 0.25) is 0 Å². The Bertz CT molecular complexity index is 796. The van der Waals surface area contributed by atoms with E-state index in [-0.39, 0.29) is 29.0 Å². The van der Waals surface area contributed by atoms with Crippen LogP contribution in [-0.2, 0) is 20.3 Å². The summed E-state index contributed by atoms with van der Waals surface area (Å²) < 4.78 is 29.8. The van der Waals surface area contributed by atoms with Gasteiger partial charge in [-0.05, 0) is 29.8 Å². The molecule has 8 heteroatoms. The van der Waals surface area contributed by atoms with Gasteiger partial charge in [-0.1, -0.05) is 30.3 Å². The van der Waals surface area contributed by atoms with E-state index < -0.39 is 9.84 Å². The number of sulfone groups is 1. The average Bonchev–Trinajstić information content (AvgIpc) is 2.65. The zero-order chi connectivity index (χ0) is 18.8. The number of hydrogen-bond donors (Lipinski definition) is 2. The lowest BCUT2D eigenvalue weighted by Crippen LogP contribution is -2.33. The van der Waals surface area contributed by atoms with Crippen LogP contribution in [0.3, 0.4) is 0 Å². The Morgan fingerprint density at radius 3 is 2.26 bits per heavy atom. The van der Waals surface area contributed by atoms with E-state index in [0.717, 1.165) is 12.1 Å². The molecule has 0 aliphatic rings. The standard InChI is InChI=1S/C19H24N2O4S.ClH/c1-25-14-13-20-11-12-21-19(22)17-7-9-18(10-8-17)26(23,24)15-16-5-3-2-4-6-16;/h2-10,20H,11-15H2,1H3,(H,21,22);1H. The van der Waals surface area contributed by atoms with Gasteiger partial charge in [-0.2, -0.15) is 0 Å². The van der Waals surface area contributed by atoms with Crippen LogP contribution in [0, 0.1) is 0 Å². The van der Waals surface area contributed by atoms with Gasteiger partial charge in [0.05, 0.1) is 17.3 Å². The molecule has 2 aromatic rings. The lowest BCUT2D eigenvalue weighted by molar-refractivity contribution is 0.0953. The molecule has 148 valence electrons. The van der Waals surface area contributed by atoms with Gasteiger partial charge in [-0.3, -0.25) is 4.79 Å². The van der Waals surface area contributed by atoms with Gasteiger partial charge >= 0.3 is 0 Å². The minimum absolute atomic E-state index is 0. The van der Waals surface area contributed by atoms with E-state index in [1.54, 1.807) is 19.2 Å². The minimum atomic E-state index is -3.44. The maximum absolute atomic E-state index is 12.5. The molecule has 0 fully saturated rings. The Morgan fingerprint density at radius 2 is 1.63 bits per heavy atom. The quantitative estimate of drug-likeness (QED) is 0.583. The van der Waals surface area contributed by atoms with Crippen molar-refractivity contribution in [1.82, 2.24) is 10.6 Å². The molecule has 0 heterocycles. The van der Waals surface area contributed by atoms with Gasteiger partial charge in [-0.25, -0.2) is 8.42 Å². The van der Waals surface area contributed by atoms with E-state index in [4.69, 9.17) is 4.74 Å². The van der Waals surface area contributed by atoms with Crippen molar-refractivity contribution in [3.8, 4) is 0 Å². The van der Waals surface area contributed by atoms with Crippen molar-refractivity contribution >= 4 is 28.2 Å². The van der Waals surface area contributed by atoms with Crippen LogP contribution in [0.4, 0.5) is 0 Å². The van der Waals surface area contributed by atoms with Crippen LogP contribution in [-0.4, -0.2) is 47.7 Å². The van der Waals surface area contributed by atoms with E-state index in [9.17, 15) is 13.2 Å². The van der Waals surface area contributed by atoms with E-state index in [1.165, 1.54) is 24.3 Å². The largest absolute Gasteiger partial charge is 0.383 e. The zero-order valence-electron chi connectivity index (χ0n) is 15.2. The molecule has 0 radical (unpaired) electrons. The Hall–Kier alpha value is -1.93. The summed E-state index contributed by atoms with van der Waals surface area (Å²) >= 11 is 0. The monoisotopic (exact) mass is 412 g/mol. The highest BCUT2D eigenvalue weighted by Gasteiger charge is 2.16. The number of ether oxygens (including phenoxy) is 1. The molecule has 1 amide bonds. The smallest absolute Gasteiger partial charge is 0.251 e. The van der Waals surface area contributed by atoms with Crippen molar-refractivity contribution in [3.05, 3.63) is 65.7 Å². The fourth-order valence-electron chi connectivity index (χ4n) is 2.36. The van der Waals surface area contributed by atoms with Crippen LogP contribution in [0.1, 0.15) is 15.9 Å². The lowest BCUT2D eigenvalue weighted by atomic mass is 10.2. The number of hydrogen-bond acceptors (Lipinski definition) is 5. The van der Waals surface area contributed by atoms with Crippen LogP contribution in [0.15, 0.2) is 59.5 Å². The lowest BCUT2D eigenvalue weighted by Gasteiger charge is -2.08. The molecular formula is C19H25ClN2O4S. The predicted octanol–water partition coefficient (Wildman–Crippen LogP) is 2.05. The summed E-state index contributed by atoms with van der Waals surface area (Å²) in [5, 5.41) is 5.91. The number of rotatable bonds is 10. The molecular weight excluding hydrogens is 388 g/mol. The van der Waals surface area contributed by atoms with Gasteiger partial charge in [0.15, 0.2) is 9.84 Å². The molecule has 2 rings (SSSR count). The third-order valence-electron chi connectivity index (χ3n) is 3.75. The van der Waals surface area contributed by atoms with Gasteiger partial charge in [0.2, 0.25) is 0 Å². The van der Waals surface area contributed by atoms with E-state index in [1.807, 2.05) is 18.2 Å². The van der Waals surface area contributed by atoms with Gasteiger partial charge in [0.25, 0.3) is 5.91 Å². The molecule has 6 nitrogen and oxygen atoms in total.